The Balaban J connectivity index is 2.40. The summed E-state index contributed by atoms with van der Waals surface area (Å²) in [6, 6.07) is 0. The van der Waals surface area contributed by atoms with Gasteiger partial charge in [-0.25, -0.2) is 0 Å². The predicted molar refractivity (Wildman–Crippen MR) is 75.0 cm³/mol. The van der Waals surface area contributed by atoms with E-state index in [0.29, 0.717) is 13.0 Å². The molecule has 110 valence electrons. The molecule has 0 aliphatic carbocycles. The lowest BCUT2D eigenvalue weighted by molar-refractivity contribution is -0.168. The first-order chi connectivity index (χ1) is 8.54. The number of hydrogen-bond acceptors (Lipinski definition) is 4. The van der Waals surface area contributed by atoms with Crippen LogP contribution >= 0.6 is 0 Å². The Morgan fingerprint density at radius 3 is 2.37 bits per heavy atom. The van der Waals surface area contributed by atoms with Crippen LogP contribution in [0.5, 0.6) is 0 Å². The minimum Gasteiger partial charge on any atom is -0.441 e. The maximum Gasteiger partial charge on any atom is 0.304 e. The Hall–Kier alpha value is -0.883. The largest absolute Gasteiger partial charge is 0.441 e. The summed E-state index contributed by atoms with van der Waals surface area (Å²) in [4.78, 5) is 22.3. The van der Waals surface area contributed by atoms with Gasteiger partial charge in [0, 0.05) is 13.5 Å². The van der Waals surface area contributed by atoms with Crippen LogP contribution in [0.4, 0.5) is 0 Å². The fourth-order valence-electron chi connectivity index (χ4n) is 1.62. The van der Waals surface area contributed by atoms with E-state index in [0.717, 1.165) is 0 Å². The number of carbonyl (C=O) groups is 2. The van der Waals surface area contributed by atoms with E-state index >= 15 is 0 Å². The van der Waals surface area contributed by atoms with Gasteiger partial charge >= 0.3 is 5.97 Å². The van der Waals surface area contributed by atoms with Crippen LogP contribution in [0, 0.1) is 5.92 Å². The predicted octanol–water partition coefficient (Wildman–Crippen LogP) is 2.03. The van der Waals surface area contributed by atoms with Crippen LogP contribution < -0.4 is 5.32 Å². The summed E-state index contributed by atoms with van der Waals surface area (Å²) in [6.45, 7) is 12.8. The molecular weight excluding hydrogens is 262 g/mol. The molecule has 1 amide bonds. The van der Waals surface area contributed by atoms with Crippen LogP contribution in [0.2, 0.25) is 18.1 Å². The van der Waals surface area contributed by atoms with E-state index in [4.69, 9.17) is 9.16 Å². The third-order valence-electron chi connectivity index (χ3n) is 3.98. The van der Waals surface area contributed by atoms with Crippen LogP contribution in [-0.2, 0) is 18.8 Å². The Kier molecular flexibility index (Phi) is 4.79. The zero-order valence-electron chi connectivity index (χ0n) is 12.7. The molecule has 0 radical (unpaired) electrons. The quantitative estimate of drug-likeness (QED) is 0.477. The number of carbonyl (C=O) groups excluding carboxylic acids is 2. The van der Waals surface area contributed by atoms with Crippen molar-refractivity contribution < 1.29 is 18.8 Å². The fraction of sp³-hybridized carbons (Fsp3) is 0.846. The van der Waals surface area contributed by atoms with Gasteiger partial charge in [-0.3, -0.25) is 9.59 Å². The Bertz CT molecular complexity index is 362. The van der Waals surface area contributed by atoms with E-state index in [1.54, 1.807) is 0 Å². The lowest BCUT2D eigenvalue weighted by Gasteiger charge is -2.38. The highest BCUT2D eigenvalue weighted by Crippen LogP contribution is 2.36. The van der Waals surface area contributed by atoms with Gasteiger partial charge in [-0.15, -0.1) is 0 Å². The summed E-state index contributed by atoms with van der Waals surface area (Å²) in [5.41, 5.74) is 0. The van der Waals surface area contributed by atoms with Crippen molar-refractivity contribution in [2.75, 3.05) is 6.61 Å². The van der Waals surface area contributed by atoms with Crippen molar-refractivity contribution in [1.82, 2.24) is 5.32 Å². The summed E-state index contributed by atoms with van der Waals surface area (Å²) in [5.74, 6) is -0.709. The fourth-order valence-corrected chi connectivity index (χ4v) is 2.68. The minimum atomic E-state index is -1.78. The molecule has 0 bridgehead atoms. The van der Waals surface area contributed by atoms with Gasteiger partial charge in [0.25, 0.3) is 0 Å². The highest BCUT2D eigenvalue weighted by Gasteiger charge is 2.42. The van der Waals surface area contributed by atoms with Crippen molar-refractivity contribution in [3.8, 4) is 0 Å². The maximum absolute atomic E-state index is 11.4. The zero-order chi connectivity index (χ0) is 14.8. The first kappa shape index (κ1) is 16.2. The van der Waals surface area contributed by atoms with Crippen molar-refractivity contribution in [3.05, 3.63) is 0 Å². The molecule has 0 aromatic heterocycles. The van der Waals surface area contributed by atoms with E-state index in [-0.39, 0.29) is 22.8 Å². The first-order valence-electron chi connectivity index (χ1n) is 6.66. The van der Waals surface area contributed by atoms with Crippen molar-refractivity contribution in [2.45, 2.75) is 58.5 Å². The van der Waals surface area contributed by atoms with E-state index in [1.165, 1.54) is 6.92 Å². The third-order valence-corrected chi connectivity index (χ3v) is 8.52. The summed E-state index contributed by atoms with van der Waals surface area (Å²) in [7, 11) is -1.78. The summed E-state index contributed by atoms with van der Waals surface area (Å²) >= 11 is 0. The maximum atomic E-state index is 11.4. The highest BCUT2D eigenvalue weighted by molar-refractivity contribution is 6.74. The van der Waals surface area contributed by atoms with Crippen LogP contribution in [0.3, 0.4) is 0 Å². The second-order valence-corrected chi connectivity index (χ2v) is 11.4. The first-order valence-corrected chi connectivity index (χ1v) is 9.57. The smallest absolute Gasteiger partial charge is 0.304 e. The van der Waals surface area contributed by atoms with Gasteiger partial charge in [-0.05, 0) is 24.6 Å². The molecule has 0 unspecified atom stereocenters. The van der Waals surface area contributed by atoms with E-state index in [2.05, 4.69) is 39.2 Å². The SMILES string of the molecule is CC(=O)O[C@H]1NC(=O)[C@@H]1CCO[Si](C)(C)C(C)(C)C. The van der Waals surface area contributed by atoms with Crippen molar-refractivity contribution in [2.24, 2.45) is 5.92 Å². The molecule has 1 heterocycles. The Morgan fingerprint density at radius 2 is 1.95 bits per heavy atom. The molecule has 19 heavy (non-hydrogen) atoms. The van der Waals surface area contributed by atoms with Crippen LogP contribution in [-0.4, -0.2) is 33.0 Å². The summed E-state index contributed by atoms with van der Waals surface area (Å²) < 4.78 is 11.0. The van der Waals surface area contributed by atoms with Gasteiger partial charge in [0.2, 0.25) is 5.91 Å². The van der Waals surface area contributed by atoms with Gasteiger partial charge < -0.3 is 14.5 Å². The monoisotopic (exact) mass is 287 g/mol. The molecule has 1 fully saturated rings. The standard InChI is InChI=1S/C13H25NO4Si/c1-9(15)18-12-10(11(16)14-12)7-8-17-19(5,6)13(2,3)4/h10,12H,7-8H2,1-6H3,(H,14,16)/t10-,12+/m0/s1. The molecule has 0 aromatic carbocycles. The van der Waals surface area contributed by atoms with Gasteiger partial charge in [0.15, 0.2) is 14.5 Å². The molecule has 1 saturated heterocycles. The molecule has 1 aliphatic rings. The molecule has 5 nitrogen and oxygen atoms in total. The molecule has 0 spiro atoms. The average Bonchev–Trinajstić information content (AvgIpc) is 2.21. The van der Waals surface area contributed by atoms with E-state index in [1.807, 2.05) is 0 Å². The van der Waals surface area contributed by atoms with Crippen LogP contribution in [0.1, 0.15) is 34.1 Å². The number of nitrogens with one attached hydrogen (secondary N) is 1. The molecule has 1 N–H and O–H groups in total. The number of esters is 1. The molecular formula is C13H25NO4Si. The average molecular weight is 287 g/mol. The van der Waals surface area contributed by atoms with Crippen LogP contribution in [0.15, 0.2) is 0 Å². The van der Waals surface area contributed by atoms with Crippen molar-refractivity contribution in [1.29, 1.82) is 0 Å². The number of rotatable bonds is 5. The van der Waals surface area contributed by atoms with E-state index < -0.39 is 14.5 Å². The van der Waals surface area contributed by atoms with Gasteiger partial charge in [0.05, 0.1) is 5.92 Å². The second kappa shape index (κ2) is 5.62. The number of ether oxygens (including phenoxy) is 1. The summed E-state index contributed by atoms with van der Waals surface area (Å²) in [5, 5.41) is 2.73. The van der Waals surface area contributed by atoms with Gasteiger partial charge in [-0.1, -0.05) is 20.8 Å². The second-order valence-electron chi connectivity index (χ2n) is 6.54. The van der Waals surface area contributed by atoms with Gasteiger partial charge in [0.1, 0.15) is 0 Å². The van der Waals surface area contributed by atoms with Crippen molar-refractivity contribution in [3.63, 3.8) is 0 Å². The molecule has 2 atom stereocenters. The van der Waals surface area contributed by atoms with Crippen LogP contribution in [0.25, 0.3) is 0 Å². The van der Waals surface area contributed by atoms with E-state index in [9.17, 15) is 9.59 Å². The lowest BCUT2D eigenvalue weighted by Crippen LogP contribution is -2.60. The normalized spacial score (nSPS) is 23.6. The molecule has 1 aliphatic heterocycles. The molecule has 0 saturated carbocycles. The van der Waals surface area contributed by atoms with Crippen molar-refractivity contribution >= 4 is 20.2 Å². The number of β-lactam (4-membered cyclic amide) rings is 1. The minimum absolute atomic E-state index is 0.0647. The zero-order valence-corrected chi connectivity index (χ0v) is 13.7. The van der Waals surface area contributed by atoms with Gasteiger partial charge in [-0.2, -0.15) is 0 Å². The Morgan fingerprint density at radius 1 is 1.37 bits per heavy atom. The topological polar surface area (TPSA) is 64.6 Å². The number of hydrogen-bond donors (Lipinski definition) is 1. The lowest BCUT2D eigenvalue weighted by atomic mass is 9.96. The highest BCUT2D eigenvalue weighted by atomic mass is 28.4. The Labute approximate surface area is 116 Å². The molecule has 0 aromatic rings. The summed E-state index contributed by atoms with van der Waals surface area (Å²) in [6.07, 6.45) is 0.115. The molecule has 1 rings (SSSR count). The number of amides is 1. The molecule has 6 heteroatoms. The third kappa shape index (κ3) is 4.04.